The van der Waals surface area contributed by atoms with Crippen molar-refractivity contribution in [2.75, 3.05) is 6.54 Å². The molecule has 1 saturated carbocycles. The van der Waals surface area contributed by atoms with Gasteiger partial charge in [-0.1, -0.05) is 67.8 Å². The van der Waals surface area contributed by atoms with Crippen LogP contribution in [0.5, 0.6) is 0 Å². The van der Waals surface area contributed by atoms with E-state index in [-0.39, 0.29) is 17.9 Å². The molecule has 1 fully saturated rings. The summed E-state index contributed by atoms with van der Waals surface area (Å²) in [7, 11) is 0. The molecule has 4 rings (SSSR count). The number of carbonyl (C=O) groups is 1. The molecule has 130 valence electrons. The summed E-state index contributed by atoms with van der Waals surface area (Å²) in [6.45, 7) is 0.549. The van der Waals surface area contributed by atoms with Gasteiger partial charge in [0.1, 0.15) is 0 Å². The largest absolute Gasteiger partial charge is 0.330 e. The minimum Gasteiger partial charge on any atom is -0.330 e. The lowest BCUT2D eigenvalue weighted by molar-refractivity contribution is 0.0422. The van der Waals surface area contributed by atoms with Crippen LogP contribution in [0.4, 0.5) is 0 Å². The molecule has 0 saturated heterocycles. The van der Waals surface area contributed by atoms with Crippen LogP contribution in [0.2, 0.25) is 0 Å². The van der Waals surface area contributed by atoms with E-state index < -0.39 is 0 Å². The second-order valence-corrected chi connectivity index (χ2v) is 7.29. The molecule has 1 aliphatic heterocycles. The normalized spacial score (nSPS) is 24.2. The molecule has 2 aromatic carbocycles. The van der Waals surface area contributed by atoms with Gasteiger partial charge in [0, 0.05) is 24.1 Å². The molecule has 2 aromatic rings. The summed E-state index contributed by atoms with van der Waals surface area (Å²) in [5.74, 6) is 0.333. The van der Waals surface area contributed by atoms with E-state index in [0.717, 1.165) is 24.0 Å². The summed E-state index contributed by atoms with van der Waals surface area (Å²) in [6, 6.07) is 18.8. The summed E-state index contributed by atoms with van der Waals surface area (Å²) in [6.07, 6.45) is 5.92. The third-order valence-electron chi connectivity index (χ3n) is 5.87. The average molecular weight is 334 g/mol. The van der Waals surface area contributed by atoms with Gasteiger partial charge in [-0.15, -0.1) is 0 Å². The van der Waals surface area contributed by atoms with E-state index in [1.54, 1.807) is 0 Å². The maximum Gasteiger partial charge on any atom is 0.254 e. The van der Waals surface area contributed by atoms with Crippen LogP contribution < -0.4 is 5.73 Å². The van der Waals surface area contributed by atoms with Crippen LogP contribution in [0.15, 0.2) is 54.6 Å². The fourth-order valence-corrected chi connectivity index (χ4v) is 4.70. The Labute approximate surface area is 149 Å². The van der Waals surface area contributed by atoms with Crippen LogP contribution in [0, 0.1) is 0 Å². The first-order chi connectivity index (χ1) is 12.3. The minimum atomic E-state index is 0.0386. The van der Waals surface area contributed by atoms with Gasteiger partial charge in [-0.2, -0.15) is 0 Å². The van der Waals surface area contributed by atoms with Gasteiger partial charge in [-0.05, 0) is 30.0 Å². The van der Waals surface area contributed by atoms with Crippen molar-refractivity contribution in [3.05, 3.63) is 71.3 Å². The molecule has 0 bridgehead atoms. The van der Waals surface area contributed by atoms with Crippen LogP contribution in [-0.2, 0) is 0 Å². The monoisotopic (exact) mass is 334 g/mol. The van der Waals surface area contributed by atoms with Gasteiger partial charge < -0.3 is 10.6 Å². The molecule has 25 heavy (non-hydrogen) atoms. The fourth-order valence-electron chi connectivity index (χ4n) is 4.70. The molecular formula is C22H26N2O. The van der Waals surface area contributed by atoms with Crippen LogP contribution in [0.1, 0.15) is 65.5 Å². The molecule has 0 radical (unpaired) electrons. The lowest BCUT2D eigenvalue weighted by atomic mass is 9.78. The number of hydrogen-bond donors (Lipinski definition) is 1. The Hall–Kier alpha value is -2.13. The third kappa shape index (κ3) is 2.87. The van der Waals surface area contributed by atoms with Gasteiger partial charge in [0.05, 0.1) is 6.04 Å². The number of hydrogen-bond acceptors (Lipinski definition) is 2. The maximum absolute atomic E-state index is 13.4. The Balaban J connectivity index is 1.85. The number of fused-ring (bicyclic) bond motifs is 1. The van der Waals surface area contributed by atoms with Crippen LogP contribution in [0.25, 0.3) is 0 Å². The van der Waals surface area contributed by atoms with Crippen molar-refractivity contribution >= 4 is 5.91 Å². The molecule has 2 atom stereocenters. The molecule has 3 nitrogen and oxygen atoms in total. The zero-order valence-electron chi connectivity index (χ0n) is 14.6. The van der Waals surface area contributed by atoms with Crippen molar-refractivity contribution in [2.45, 2.75) is 50.1 Å². The van der Waals surface area contributed by atoms with Crippen LogP contribution >= 0.6 is 0 Å². The number of rotatable bonds is 3. The standard InChI is InChI=1S/C22H26N2O/c23-15-20-18-13-7-8-14-19(18)22(25)24(17-11-5-2-6-12-17)21(20)16-9-3-1-4-10-16/h1,3-4,7-10,13-14,17,20-21H,2,5-6,11-12,15,23H2/t20-,21+/m1/s1. The van der Waals surface area contributed by atoms with E-state index in [0.29, 0.717) is 12.6 Å². The number of benzene rings is 2. The van der Waals surface area contributed by atoms with E-state index in [4.69, 9.17) is 5.73 Å². The lowest BCUT2D eigenvalue weighted by Gasteiger charge is -2.47. The van der Waals surface area contributed by atoms with Crippen molar-refractivity contribution in [3.63, 3.8) is 0 Å². The summed E-state index contributed by atoms with van der Waals surface area (Å²) in [5.41, 5.74) is 9.40. The molecule has 0 unspecified atom stereocenters. The Morgan fingerprint density at radius 1 is 0.920 bits per heavy atom. The number of amides is 1. The average Bonchev–Trinajstić information content (AvgIpc) is 2.69. The second-order valence-electron chi connectivity index (χ2n) is 7.29. The molecular weight excluding hydrogens is 308 g/mol. The highest BCUT2D eigenvalue weighted by molar-refractivity contribution is 5.97. The topological polar surface area (TPSA) is 46.3 Å². The molecule has 2 N–H and O–H groups in total. The predicted octanol–water partition coefficient (Wildman–Crippen LogP) is 4.26. The zero-order valence-corrected chi connectivity index (χ0v) is 14.6. The van der Waals surface area contributed by atoms with E-state index in [9.17, 15) is 4.79 Å². The van der Waals surface area contributed by atoms with Crippen molar-refractivity contribution < 1.29 is 4.79 Å². The quantitative estimate of drug-likeness (QED) is 0.911. The highest BCUT2D eigenvalue weighted by Crippen LogP contribution is 2.44. The number of nitrogens with zero attached hydrogens (tertiary/aromatic N) is 1. The number of carbonyl (C=O) groups excluding carboxylic acids is 1. The molecule has 1 amide bonds. The second kappa shape index (κ2) is 7.01. The van der Waals surface area contributed by atoms with Crippen LogP contribution in [-0.4, -0.2) is 23.4 Å². The van der Waals surface area contributed by atoms with E-state index in [2.05, 4.69) is 35.2 Å². The Kier molecular flexibility index (Phi) is 4.58. The third-order valence-corrected chi connectivity index (χ3v) is 5.87. The summed E-state index contributed by atoms with van der Waals surface area (Å²) >= 11 is 0. The predicted molar refractivity (Wildman–Crippen MR) is 100 cm³/mol. The highest BCUT2D eigenvalue weighted by atomic mass is 16.2. The van der Waals surface area contributed by atoms with Crippen molar-refractivity contribution in [1.82, 2.24) is 4.90 Å². The first kappa shape index (κ1) is 16.3. The van der Waals surface area contributed by atoms with Gasteiger partial charge >= 0.3 is 0 Å². The summed E-state index contributed by atoms with van der Waals surface area (Å²) in [5, 5.41) is 0. The Morgan fingerprint density at radius 3 is 2.32 bits per heavy atom. The lowest BCUT2D eigenvalue weighted by Crippen LogP contribution is -2.50. The first-order valence-electron chi connectivity index (χ1n) is 9.48. The van der Waals surface area contributed by atoms with Crippen molar-refractivity contribution in [2.24, 2.45) is 5.73 Å². The van der Waals surface area contributed by atoms with Gasteiger partial charge in [-0.25, -0.2) is 0 Å². The van der Waals surface area contributed by atoms with Crippen molar-refractivity contribution in [1.29, 1.82) is 0 Å². The summed E-state index contributed by atoms with van der Waals surface area (Å²) in [4.78, 5) is 15.6. The first-order valence-corrected chi connectivity index (χ1v) is 9.48. The van der Waals surface area contributed by atoms with Gasteiger partial charge in [0.15, 0.2) is 0 Å². The highest BCUT2D eigenvalue weighted by Gasteiger charge is 2.42. The molecule has 2 aliphatic rings. The summed E-state index contributed by atoms with van der Waals surface area (Å²) < 4.78 is 0. The fraction of sp³-hybridized carbons (Fsp3) is 0.409. The van der Waals surface area contributed by atoms with Crippen molar-refractivity contribution in [3.8, 4) is 0 Å². The van der Waals surface area contributed by atoms with E-state index >= 15 is 0 Å². The smallest absolute Gasteiger partial charge is 0.254 e. The Morgan fingerprint density at radius 2 is 1.60 bits per heavy atom. The molecule has 3 heteroatoms. The van der Waals surface area contributed by atoms with E-state index in [1.165, 1.54) is 24.8 Å². The Bertz CT molecular complexity index is 737. The van der Waals surface area contributed by atoms with Crippen LogP contribution in [0.3, 0.4) is 0 Å². The maximum atomic E-state index is 13.4. The molecule has 1 heterocycles. The van der Waals surface area contributed by atoms with Gasteiger partial charge in [-0.3, -0.25) is 4.79 Å². The van der Waals surface area contributed by atoms with Gasteiger partial charge in [0.25, 0.3) is 5.91 Å². The minimum absolute atomic E-state index is 0.0386. The SMILES string of the molecule is NC[C@@H]1c2ccccc2C(=O)N(C2CCCCC2)[C@H]1c1ccccc1. The molecule has 0 aromatic heterocycles. The number of nitrogens with two attached hydrogens (primary N) is 1. The molecule has 0 spiro atoms. The molecule has 1 aliphatic carbocycles. The van der Waals surface area contributed by atoms with E-state index in [1.807, 2.05) is 24.3 Å². The zero-order chi connectivity index (χ0) is 17.2. The van der Waals surface area contributed by atoms with Gasteiger partial charge in [0.2, 0.25) is 0 Å².